The van der Waals surface area contributed by atoms with E-state index in [1.807, 2.05) is 19.9 Å². The number of amides is 3. The van der Waals surface area contributed by atoms with E-state index >= 15 is 0 Å². The van der Waals surface area contributed by atoms with Gasteiger partial charge >= 0.3 is 6.03 Å². The third-order valence-corrected chi connectivity index (χ3v) is 5.88. The van der Waals surface area contributed by atoms with E-state index in [9.17, 15) is 14.7 Å². The number of aromatic nitrogens is 1. The number of nitrogens with zero attached hydrogens (tertiary/aromatic N) is 4. The van der Waals surface area contributed by atoms with E-state index in [-0.39, 0.29) is 24.6 Å². The quantitative estimate of drug-likeness (QED) is 0.390. The molecule has 2 aliphatic heterocycles. The lowest BCUT2D eigenvalue weighted by Crippen LogP contribution is -2.48. The monoisotopic (exact) mass is 482 g/mol. The van der Waals surface area contributed by atoms with Gasteiger partial charge in [-0.05, 0) is 55.7 Å². The summed E-state index contributed by atoms with van der Waals surface area (Å²) < 4.78 is 5.50. The average Bonchev–Trinajstić information content (AvgIpc) is 3.37. The van der Waals surface area contributed by atoms with Crippen LogP contribution < -0.4 is 26.4 Å². The second kappa shape index (κ2) is 10.6. The van der Waals surface area contributed by atoms with Crippen molar-refractivity contribution in [1.29, 1.82) is 0 Å². The van der Waals surface area contributed by atoms with Gasteiger partial charge in [-0.15, -0.1) is 10.6 Å². The number of hydrazone groups is 1. The van der Waals surface area contributed by atoms with Crippen LogP contribution in [-0.4, -0.2) is 70.6 Å². The van der Waals surface area contributed by atoms with E-state index in [4.69, 9.17) is 4.74 Å². The molecule has 1 aromatic carbocycles. The topological polar surface area (TPSA) is 143 Å². The summed E-state index contributed by atoms with van der Waals surface area (Å²) in [6.07, 6.45) is 0.682. The number of fused-ring (bicyclic) bond motifs is 1. The first kappa shape index (κ1) is 24.2. The Morgan fingerprint density at radius 2 is 2.11 bits per heavy atom. The summed E-state index contributed by atoms with van der Waals surface area (Å²) in [5, 5.41) is 21.0. The van der Waals surface area contributed by atoms with Crippen molar-refractivity contribution in [2.45, 2.75) is 32.9 Å². The highest BCUT2D eigenvalue weighted by Crippen LogP contribution is 2.29. The summed E-state index contributed by atoms with van der Waals surface area (Å²) in [6.45, 7) is 5.20. The van der Waals surface area contributed by atoms with Crippen molar-refractivity contribution in [3.63, 3.8) is 0 Å². The smallest absolute Gasteiger partial charge is 0.317 e. The number of pyridine rings is 1. The molecule has 0 aliphatic carbocycles. The molecule has 0 bridgehead atoms. The second-order valence-corrected chi connectivity index (χ2v) is 8.25. The van der Waals surface area contributed by atoms with Crippen molar-refractivity contribution in [1.82, 2.24) is 31.3 Å². The predicted octanol–water partition coefficient (Wildman–Crippen LogP) is 0.797. The zero-order valence-corrected chi connectivity index (χ0v) is 20.0. The van der Waals surface area contributed by atoms with Crippen LogP contribution in [0.15, 0.2) is 35.4 Å². The van der Waals surface area contributed by atoms with Crippen LogP contribution in [0.2, 0.25) is 0 Å². The largest absolute Gasteiger partial charge is 0.496 e. The number of hydrazine groups is 2. The molecule has 0 saturated heterocycles. The Bertz CT molecular complexity index is 1140. The third-order valence-electron chi connectivity index (χ3n) is 5.88. The molecule has 3 amide bonds. The van der Waals surface area contributed by atoms with Crippen molar-refractivity contribution < 1.29 is 19.4 Å². The molecule has 1 unspecified atom stereocenters. The summed E-state index contributed by atoms with van der Waals surface area (Å²) in [4.78, 5) is 31.8. The van der Waals surface area contributed by atoms with Gasteiger partial charge in [0, 0.05) is 19.6 Å². The molecule has 2 aliphatic rings. The molecule has 0 radical (unpaired) electrons. The molecule has 1 atom stereocenters. The molecule has 0 saturated carbocycles. The van der Waals surface area contributed by atoms with E-state index in [1.54, 1.807) is 34.2 Å². The van der Waals surface area contributed by atoms with Crippen LogP contribution >= 0.6 is 0 Å². The lowest BCUT2D eigenvalue weighted by atomic mass is 9.96. The van der Waals surface area contributed by atoms with Gasteiger partial charge in [0.15, 0.2) is 5.84 Å². The standard InChI is InChI=1S/C23H30N8O4/c1-4-24-23(34)30-9-8-15-11-19(35-3)17(10-16(15)12-30)22(33)26-20-7-5-6-18(25-20)21-27-28-29-31(21)14(2)13-32/h5-7,10-11,14,28-29,32H,4,8-9,12-13H2,1-3H3,(H,24,34)(H,25,26,33). The minimum absolute atomic E-state index is 0.0835. The minimum atomic E-state index is -0.380. The number of urea groups is 1. The van der Waals surface area contributed by atoms with Crippen LogP contribution in [0, 0.1) is 0 Å². The van der Waals surface area contributed by atoms with Crippen molar-refractivity contribution in [3.8, 4) is 5.75 Å². The molecule has 35 heavy (non-hydrogen) atoms. The number of aliphatic hydroxyl groups excluding tert-OH is 1. The van der Waals surface area contributed by atoms with Gasteiger partial charge in [-0.3, -0.25) is 9.80 Å². The Labute approximate surface area is 203 Å². The molecule has 5 N–H and O–H groups in total. The van der Waals surface area contributed by atoms with Crippen molar-refractivity contribution in [3.05, 3.63) is 52.7 Å². The number of amidine groups is 1. The van der Waals surface area contributed by atoms with E-state index in [0.717, 1.165) is 11.1 Å². The summed E-state index contributed by atoms with van der Waals surface area (Å²) >= 11 is 0. The van der Waals surface area contributed by atoms with Gasteiger partial charge in [0.25, 0.3) is 5.91 Å². The van der Waals surface area contributed by atoms with Crippen molar-refractivity contribution in [2.24, 2.45) is 5.10 Å². The zero-order valence-electron chi connectivity index (χ0n) is 20.0. The van der Waals surface area contributed by atoms with Gasteiger partial charge in [0.1, 0.15) is 17.3 Å². The van der Waals surface area contributed by atoms with Gasteiger partial charge in [-0.2, -0.15) is 0 Å². The van der Waals surface area contributed by atoms with Crippen molar-refractivity contribution >= 4 is 23.6 Å². The Morgan fingerprint density at radius 1 is 1.29 bits per heavy atom. The third kappa shape index (κ3) is 5.12. The van der Waals surface area contributed by atoms with E-state index in [2.05, 4.69) is 31.8 Å². The first-order valence-corrected chi connectivity index (χ1v) is 11.4. The number of aliphatic hydroxyl groups is 1. The number of ether oxygens (including phenoxy) is 1. The van der Waals surface area contributed by atoms with Gasteiger partial charge in [0.05, 0.1) is 25.3 Å². The Kier molecular flexibility index (Phi) is 7.32. The van der Waals surface area contributed by atoms with Crippen LogP contribution in [0.5, 0.6) is 5.75 Å². The lowest BCUT2D eigenvalue weighted by Gasteiger charge is -2.29. The number of rotatable bonds is 7. The number of hydrogen-bond acceptors (Lipinski definition) is 9. The Hall–Kier alpha value is -3.90. The van der Waals surface area contributed by atoms with Crippen molar-refractivity contribution in [2.75, 3.05) is 32.1 Å². The molecule has 2 aromatic rings. The predicted molar refractivity (Wildman–Crippen MR) is 130 cm³/mol. The molecule has 186 valence electrons. The Balaban J connectivity index is 1.55. The molecule has 0 spiro atoms. The van der Waals surface area contributed by atoms with Crippen LogP contribution in [0.25, 0.3) is 0 Å². The number of carbonyl (C=O) groups is 2. The maximum absolute atomic E-state index is 13.2. The Morgan fingerprint density at radius 3 is 2.86 bits per heavy atom. The summed E-state index contributed by atoms with van der Waals surface area (Å²) in [5.41, 5.74) is 8.33. The number of nitrogens with one attached hydrogen (secondary N) is 4. The van der Waals surface area contributed by atoms with E-state index in [1.165, 1.54) is 7.11 Å². The SMILES string of the molecule is CCNC(=O)N1CCc2cc(OC)c(C(=O)Nc3cccc(C4=NNNN4C(C)CO)n3)cc2C1. The first-order valence-electron chi connectivity index (χ1n) is 11.4. The maximum atomic E-state index is 13.2. The molecular weight excluding hydrogens is 452 g/mol. The van der Waals surface area contributed by atoms with Crippen LogP contribution in [0.1, 0.15) is 41.0 Å². The molecule has 4 rings (SSSR count). The second-order valence-electron chi connectivity index (χ2n) is 8.25. The number of methoxy groups -OCH3 is 1. The molecule has 12 heteroatoms. The van der Waals surface area contributed by atoms with Gasteiger partial charge < -0.3 is 25.4 Å². The van der Waals surface area contributed by atoms with E-state index < -0.39 is 0 Å². The summed E-state index contributed by atoms with van der Waals surface area (Å²) in [5.74, 6) is 0.900. The van der Waals surface area contributed by atoms with Gasteiger partial charge in [-0.25, -0.2) is 15.3 Å². The van der Waals surface area contributed by atoms with Gasteiger partial charge in [-0.1, -0.05) is 6.07 Å². The lowest BCUT2D eigenvalue weighted by molar-refractivity contribution is 0.102. The molecular formula is C23H30N8O4. The fourth-order valence-electron chi connectivity index (χ4n) is 4.00. The fourth-order valence-corrected chi connectivity index (χ4v) is 4.00. The van der Waals surface area contributed by atoms with Crippen LogP contribution in [0.4, 0.5) is 10.6 Å². The molecule has 12 nitrogen and oxygen atoms in total. The zero-order chi connectivity index (χ0) is 24.9. The highest BCUT2D eigenvalue weighted by atomic mass is 16.5. The highest BCUT2D eigenvalue weighted by Gasteiger charge is 2.26. The minimum Gasteiger partial charge on any atom is -0.496 e. The first-order chi connectivity index (χ1) is 16.9. The molecule has 3 heterocycles. The number of anilines is 1. The molecule has 0 fully saturated rings. The van der Waals surface area contributed by atoms with Crippen LogP contribution in [0.3, 0.4) is 0 Å². The number of benzene rings is 1. The summed E-state index contributed by atoms with van der Waals surface area (Å²) in [6, 6.07) is 8.47. The fraction of sp³-hybridized carbons (Fsp3) is 0.391. The summed E-state index contributed by atoms with van der Waals surface area (Å²) in [7, 11) is 1.52. The number of hydrogen-bond donors (Lipinski definition) is 5. The maximum Gasteiger partial charge on any atom is 0.317 e. The van der Waals surface area contributed by atoms with E-state index in [0.29, 0.717) is 54.7 Å². The molecule has 1 aromatic heterocycles. The normalized spacial score (nSPS) is 15.6. The average molecular weight is 483 g/mol. The number of carbonyl (C=O) groups excluding carboxylic acids is 2. The van der Waals surface area contributed by atoms with Crippen LogP contribution in [-0.2, 0) is 13.0 Å². The van der Waals surface area contributed by atoms with Gasteiger partial charge in [0.2, 0.25) is 0 Å². The highest BCUT2D eigenvalue weighted by molar-refractivity contribution is 6.06.